The summed E-state index contributed by atoms with van der Waals surface area (Å²) in [6.45, 7) is -1.83. The third-order valence-electron chi connectivity index (χ3n) is 2.14. The van der Waals surface area contributed by atoms with Gasteiger partial charge in [-0.15, -0.1) is 0 Å². The molecule has 21 heavy (non-hydrogen) atoms. The monoisotopic (exact) mass is 314 g/mol. The van der Waals surface area contributed by atoms with Crippen LogP contribution < -0.4 is 0 Å². The van der Waals surface area contributed by atoms with E-state index in [1.54, 1.807) is 0 Å². The first-order valence-corrected chi connectivity index (χ1v) is 5.31. The van der Waals surface area contributed by atoms with Gasteiger partial charge in [0.1, 0.15) is 5.76 Å². The van der Waals surface area contributed by atoms with Gasteiger partial charge in [-0.05, 0) is 12.1 Å². The largest absolute Gasteiger partial charge is 0.507 e. The Hall–Kier alpha value is -2.19. The van der Waals surface area contributed by atoms with Gasteiger partial charge in [0.25, 0.3) is 0 Å². The van der Waals surface area contributed by atoms with E-state index in [0.29, 0.717) is 18.2 Å². The number of esters is 1. The Morgan fingerprint density at radius 3 is 2.05 bits per heavy atom. The molecule has 0 spiro atoms. The van der Waals surface area contributed by atoms with E-state index in [1.807, 2.05) is 0 Å². The average molecular weight is 314 g/mol. The summed E-state index contributed by atoms with van der Waals surface area (Å²) in [5.41, 5.74) is -1.15. The van der Waals surface area contributed by atoms with E-state index in [-0.39, 0.29) is 5.56 Å². The molecule has 0 fully saturated rings. The van der Waals surface area contributed by atoms with Crippen molar-refractivity contribution in [1.82, 2.24) is 0 Å². The van der Waals surface area contributed by atoms with E-state index in [2.05, 4.69) is 4.74 Å². The average Bonchev–Trinajstić information content (AvgIpc) is 2.34. The number of hydrogen-bond donors (Lipinski definition) is 1. The van der Waals surface area contributed by atoms with Gasteiger partial charge in [-0.25, -0.2) is 4.79 Å². The van der Waals surface area contributed by atoms with Crippen LogP contribution in [0.25, 0.3) is 5.76 Å². The lowest BCUT2D eigenvalue weighted by molar-refractivity contribution is -0.182. The molecule has 0 saturated carbocycles. The standard InChI is InChI=1S/C12H8F6O3/c13-11(14,15)6-21-10(20)5-9(19)7-1-3-8(4-2-7)12(16,17)18/h1-5,19H,6H2/b9-5-. The molecule has 1 rings (SSSR count). The summed E-state index contributed by atoms with van der Waals surface area (Å²) in [6, 6.07) is 3.04. The molecule has 1 N–H and O–H groups in total. The molecule has 9 heteroatoms. The smallest absolute Gasteiger partial charge is 0.422 e. The van der Waals surface area contributed by atoms with E-state index in [4.69, 9.17) is 0 Å². The van der Waals surface area contributed by atoms with Crippen molar-refractivity contribution in [2.45, 2.75) is 12.4 Å². The van der Waals surface area contributed by atoms with Gasteiger partial charge >= 0.3 is 18.3 Å². The summed E-state index contributed by atoms with van der Waals surface area (Å²) in [5.74, 6) is -2.28. The van der Waals surface area contributed by atoms with Gasteiger partial charge in [-0.2, -0.15) is 26.3 Å². The second kappa shape index (κ2) is 6.06. The van der Waals surface area contributed by atoms with Gasteiger partial charge in [0.15, 0.2) is 6.61 Å². The van der Waals surface area contributed by atoms with E-state index in [0.717, 1.165) is 12.1 Å². The zero-order valence-electron chi connectivity index (χ0n) is 10.1. The number of hydrogen-bond acceptors (Lipinski definition) is 3. The van der Waals surface area contributed by atoms with Crippen molar-refractivity contribution in [1.29, 1.82) is 0 Å². The Morgan fingerprint density at radius 2 is 1.62 bits per heavy atom. The Bertz CT molecular complexity index is 527. The quantitative estimate of drug-likeness (QED) is 0.400. The van der Waals surface area contributed by atoms with E-state index < -0.39 is 36.3 Å². The van der Waals surface area contributed by atoms with Crippen molar-refractivity contribution in [3.05, 3.63) is 41.5 Å². The molecule has 0 amide bonds. The first kappa shape index (κ1) is 16.9. The fourth-order valence-electron chi connectivity index (χ4n) is 1.22. The Morgan fingerprint density at radius 1 is 1.10 bits per heavy atom. The highest BCUT2D eigenvalue weighted by Crippen LogP contribution is 2.29. The first-order chi connectivity index (χ1) is 9.49. The molecule has 0 radical (unpaired) electrons. The van der Waals surface area contributed by atoms with Crippen LogP contribution in [0.5, 0.6) is 0 Å². The van der Waals surface area contributed by atoms with Crippen LogP contribution >= 0.6 is 0 Å². The van der Waals surface area contributed by atoms with Crippen molar-refractivity contribution < 1.29 is 41.0 Å². The highest BCUT2D eigenvalue weighted by atomic mass is 19.4. The van der Waals surface area contributed by atoms with E-state index >= 15 is 0 Å². The molecule has 3 nitrogen and oxygen atoms in total. The molecule has 0 aromatic heterocycles. The molecule has 0 atom stereocenters. The highest BCUT2D eigenvalue weighted by molar-refractivity contribution is 5.89. The fraction of sp³-hybridized carbons (Fsp3) is 0.250. The van der Waals surface area contributed by atoms with Crippen LogP contribution in [-0.4, -0.2) is 23.9 Å². The molecule has 116 valence electrons. The summed E-state index contributed by atoms with van der Waals surface area (Å²) >= 11 is 0. The molecular formula is C12H8F6O3. The van der Waals surface area contributed by atoms with Crippen molar-refractivity contribution in [2.24, 2.45) is 0 Å². The fourth-order valence-corrected chi connectivity index (χ4v) is 1.22. The van der Waals surface area contributed by atoms with Gasteiger partial charge in [-0.1, -0.05) is 12.1 Å². The van der Waals surface area contributed by atoms with Gasteiger partial charge in [0.2, 0.25) is 0 Å². The summed E-state index contributed by atoms with van der Waals surface area (Å²) in [5, 5.41) is 9.41. The Labute approximate surface area is 114 Å². The predicted octanol–water partition coefficient (Wildman–Crippen LogP) is 3.71. The molecule has 0 heterocycles. The Kier molecular flexibility index (Phi) is 4.87. The lowest BCUT2D eigenvalue weighted by atomic mass is 10.1. The maximum Gasteiger partial charge on any atom is 0.422 e. The number of alkyl halides is 6. The summed E-state index contributed by atoms with van der Waals surface area (Å²) < 4.78 is 75.9. The van der Waals surface area contributed by atoms with Crippen molar-refractivity contribution >= 4 is 11.7 Å². The van der Waals surface area contributed by atoms with Gasteiger partial charge < -0.3 is 9.84 Å². The third kappa shape index (κ3) is 5.76. The second-order valence-corrected chi connectivity index (χ2v) is 3.83. The van der Waals surface area contributed by atoms with Gasteiger partial charge in [0.05, 0.1) is 11.6 Å². The lowest BCUT2D eigenvalue weighted by Crippen LogP contribution is -2.19. The normalized spacial score (nSPS) is 13.1. The SMILES string of the molecule is O=C(/C=C(\O)c1ccc(C(F)(F)F)cc1)OCC(F)(F)F. The van der Waals surface area contributed by atoms with Crippen molar-refractivity contribution in [3.8, 4) is 0 Å². The summed E-state index contributed by atoms with van der Waals surface area (Å²) in [7, 11) is 0. The maximum atomic E-state index is 12.3. The number of carbonyl (C=O) groups is 1. The van der Waals surface area contributed by atoms with Crippen LogP contribution in [0, 0.1) is 0 Å². The molecule has 0 aliphatic heterocycles. The topological polar surface area (TPSA) is 46.5 Å². The number of halogens is 6. The van der Waals surface area contributed by atoms with Crippen LogP contribution in [0.15, 0.2) is 30.3 Å². The molecule has 0 bridgehead atoms. The summed E-state index contributed by atoms with van der Waals surface area (Å²) in [6.07, 6.45) is -8.94. The van der Waals surface area contributed by atoms with E-state index in [9.17, 15) is 36.2 Å². The molecule has 0 saturated heterocycles. The molecular weight excluding hydrogens is 306 g/mol. The van der Waals surface area contributed by atoms with E-state index in [1.165, 1.54) is 0 Å². The maximum absolute atomic E-state index is 12.3. The third-order valence-corrected chi connectivity index (χ3v) is 2.14. The zero-order chi connectivity index (χ0) is 16.3. The van der Waals surface area contributed by atoms with Crippen LogP contribution in [0.4, 0.5) is 26.3 Å². The van der Waals surface area contributed by atoms with Crippen molar-refractivity contribution in [2.75, 3.05) is 6.61 Å². The second-order valence-electron chi connectivity index (χ2n) is 3.83. The predicted molar refractivity (Wildman–Crippen MR) is 59.1 cm³/mol. The first-order valence-electron chi connectivity index (χ1n) is 5.31. The number of rotatable bonds is 3. The molecule has 1 aromatic carbocycles. The molecule has 1 aromatic rings. The number of aliphatic hydroxyl groups excluding tert-OH is 1. The molecule has 0 aliphatic carbocycles. The number of benzene rings is 1. The lowest BCUT2D eigenvalue weighted by Gasteiger charge is -2.08. The summed E-state index contributed by atoms with van der Waals surface area (Å²) in [4.78, 5) is 11.0. The molecule has 0 unspecified atom stereocenters. The van der Waals surface area contributed by atoms with Gasteiger partial charge in [0, 0.05) is 5.56 Å². The van der Waals surface area contributed by atoms with Crippen LogP contribution in [0.3, 0.4) is 0 Å². The van der Waals surface area contributed by atoms with Crippen LogP contribution in [0.2, 0.25) is 0 Å². The number of aliphatic hydroxyl groups is 1. The minimum Gasteiger partial charge on any atom is -0.507 e. The highest BCUT2D eigenvalue weighted by Gasteiger charge is 2.30. The van der Waals surface area contributed by atoms with Gasteiger partial charge in [-0.3, -0.25) is 0 Å². The minimum atomic E-state index is -4.71. The number of carbonyl (C=O) groups excluding carboxylic acids is 1. The van der Waals surface area contributed by atoms with Crippen LogP contribution in [-0.2, 0) is 15.7 Å². The Balaban J connectivity index is 2.76. The van der Waals surface area contributed by atoms with Crippen molar-refractivity contribution in [3.63, 3.8) is 0 Å². The molecule has 0 aliphatic rings. The minimum absolute atomic E-state index is 0.174. The van der Waals surface area contributed by atoms with Crippen LogP contribution in [0.1, 0.15) is 11.1 Å². The zero-order valence-corrected chi connectivity index (χ0v) is 10.1. The number of ether oxygens (including phenoxy) is 1.